The number of amides is 2. The summed E-state index contributed by atoms with van der Waals surface area (Å²) < 4.78 is 5.40. The third-order valence-electron chi connectivity index (χ3n) is 6.75. The summed E-state index contributed by atoms with van der Waals surface area (Å²) in [5, 5.41) is 6.44. The zero-order valence-corrected chi connectivity index (χ0v) is 20.4. The van der Waals surface area contributed by atoms with E-state index in [1.165, 1.54) is 0 Å². The van der Waals surface area contributed by atoms with Crippen LogP contribution in [0.4, 0.5) is 5.69 Å². The maximum Gasteiger partial charge on any atom is 0.256 e. The number of fused-ring (bicyclic) bond motifs is 1. The zero-order chi connectivity index (χ0) is 24.7. The fourth-order valence-corrected chi connectivity index (χ4v) is 5.11. The van der Waals surface area contributed by atoms with E-state index in [0.717, 1.165) is 39.4 Å². The van der Waals surface area contributed by atoms with Crippen LogP contribution in [0.3, 0.4) is 0 Å². The molecule has 0 spiro atoms. The van der Waals surface area contributed by atoms with Gasteiger partial charge in [-0.3, -0.25) is 9.59 Å². The molecule has 2 aromatic carbocycles. The Labute approximate surface area is 205 Å². The molecule has 1 saturated heterocycles. The number of ether oxygens (including phenoxy) is 1. The summed E-state index contributed by atoms with van der Waals surface area (Å²) in [4.78, 5) is 31.4. The lowest BCUT2D eigenvalue weighted by atomic mass is 9.94. The summed E-state index contributed by atoms with van der Waals surface area (Å²) in [6.07, 6.45) is 3.60. The number of hydrogen-bond acceptors (Lipinski definition) is 4. The van der Waals surface area contributed by atoms with E-state index < -0.39 is 0 Å². The van der Waals surface area contributed by atoms with Crippen molar-refractivity contribution in [2.24, 2.45) is 0 Å². The molecule has 0 aliphatic carbocycles. The lowest BCUT2D eigenvalue weighted by Gasteiger charge is -2.36. The van der Waals surface area contributed by atoms with Crippen LogP contribution in [0.1, 0.15) is 41.0 Å². The van der Waals surface area contributed by atoms with Crippen LogP contribution in [0.25, 0.3) is 22.8 Å². The number of rotatable bonds is 4. The summed E-state index contributed by atoms with van der Waals surface area (Å²) in [7, 11) is 1.64. The second-order valence-corrected chi connectivity index (χ2v) is 9.39. The van der Waals surface area contributed by atoms with Gasteiger partial charge >= 0.3 is 0 Å². The molecule has 35 heavy (non-hydrogen) atoms. The minimum absolute atomic E-state index is 0.0111. The van der Waals surface area contributed by atoms with Gasteiger partial charge in [-0.2, -0.15) is 0 Å². The van der Waals surface area contributed by atoms with Gasteiger partial charge in [0.15, 0.2) is 0 Å². The molecule has 2 atom stereocenters. The smallest absolute Gasteiger partial charge is 0.256 e. The van der Waals surface area contributed by atoms with Crippen LogP contribution in [0, 0.1) is 6.92 Å². The second-order valence-electron chi connectivity index (χ2n) is 9.39. The van der Waals surface area contributed by atoms with E-state index in [9.17, 15) is 9.59 Å². The van der Waals surface area contributed by atoms with Crippen molar-refractivity contribution < 1.29 is 14.3 Å². The van der Waals surface area contributed by atoms with Crippen molar-refractivity contribution in [3.63, 3.8) is 0 Å². The molecule has 7 nitrogen and oxygen atoms in total. The molecule has 2 aliphatic heterocycles. The Kier molecular flexibility index (Phi) is 5.94. The summed E-state index contributed by atoms with van der Waals surface area (Å²) in [5.74, 6) is 0.599. The van der Waals surface area contributed by atoms with Gasteiger partial charge < -0.3 is 25.3 Å². The van der Waals surface area contributed by atoms with Crippen LogP contribution in [-0.4, -0.2) is 54.0 Å². The number of carbonyl (C=O) groups is 2. The van der Waals surface area contributed by atoms with Gasteiger partial charge in [0.1, 0.15) is 5.75 Å². The van der Waals surface area contributed by atoms with Crippen LogP contribution in [0.5, 0.6) is 5.75 Å². The van der Waals surface area contributed by atoms with Gasteiger partial charge in [0, 0.05) is 48.3 Å². The zero-order valence-electron chi connectivity index (χ0n) is 20.4. The molecule has 0 bridgehead atoms. The Morgan fingerprint density at radius 1 is 1.11 bits per heavy atom. The number of nitrogens with one attached hydrogen (secondary N) is 3. The Balaban J connectivity index is 1.52. The van der Waals surface area contributed by atoms with Crippen molar-refractivity contribution in [2.75, 3.05) is 25.5 Å². The first-order valence-electron chi connectivity index (χ1n) is 11.9. The molecule has 2 aliphatic rings. The van der Waals surface area contributed by atoms with Crippen LogP contribution in [0.15, 0.2) is 48.7 Å². The van der Waals surface area contributed by atoms with E-state index in [0.29, 0.717) is 24.2 Å². The maximum atomic E-state index is 13.3. The van der Waals surface area contributed by atoms with Crippen LogP contribution in [-0.2, 0) is 4.79 Å². The fraction of sp³-hybridized carbons (Fsp3) is 0.286. The molecule has 5 rings (SSSR count). The summed E-state index contributed by atoms with van der Waals surface area (Å²) in [5.41, 5.74) is 6.30. The Morgan fingerprint density at radius 3 is 2.60 bits per heavy atom. The molecular formula is C28H30N4O3. The minimum atomic E-state index is -0.165. The molecule has 0 saturated carbocycles. The van der Waals surface area contributed by atoms with E-state index in [4.69, 9.17) is 4.74 Å². The predicted octanol–water partition coefficient (Wildman–Crippen LogP) is 4.31. The van der Waals surface area contributed by atoms with Gasteiger partial charge in [0.25, 0.3) is 11.8 Å². The summed E-state index contributed by atoms with van der Waals surface area (Å²) >= 11 is 0. The van der Waals surface area contributed by atoms with Gasteiger partial charge in [-0.25, -0.2) is 0 Å². The molecule has 2 amide bonds. The third kappa shape index (κ3) is 4.23. The van der Waals surface area contributed by atoms with E-state index in [1.54, 1.807) is 13.3 Å². The van der Waals surface area contributed by atoms with Crippen molar-refractivity contribution in [3.05, 3.63) is 71.0 Å². The minimum Gasteiger partial charge on any atom is -0.497 e. The van der Waals surface area contributed by atoms with Crippen LogP contribution >= 0.6 is 0 Å². The highest BCUT2D eigenvalue weighted by Crippen LogP contribution is 2.41. The molecule has 3 N–H and O–H groups in total. The molecule has 0 unspecified atom stereocenters. The number of hydrogen-bond donors (Lipinski definition) is 3. The number of aromatic amines is 1. The fourth-order valence-electron chi connectivity index (χ4n) is 5.11. The van der Waals surface area contributed by atoms with Crippen LogP contribution in [0.2, 0.25) is 0 Å². The van der Waals surface area contributed by atoms with E-state index in [-0.39, 0.29) is 23.9 Å². The molecule has 180 valence electrons. The Morgan fingerprint density at radius 2 is 1.86 bits per heavy atom. The topological polar surface area (TPSA) is 86.5 Å². The van der Waals surface area contributed by atoms with Crippen molar-refractivity contribution in [2.45, 2.75) is 32.9 Å². The number of nitrogens with zero attached hydrogens (tertiary/aromatic N) is 1. The third-order valence-corrected chi connectivity index (χ3v) is 6.75. The average Bonchev–Trinajstić information content (AvgIpc) is 3.37. The SMILES string of the molecule is COc1cccc(-c2cccc3c2C(=Cc2[nH]cc(C(=O)N4C[C@@H](C)N[C@H](C)C4)c2C)C(=O)N3)c1. The second kappa shape index (κ2) is 9.07. The molecular weight excluding hydrogens is 440 g/mol. The molecule has 1 fully saturated rings. The number of benzene rings is 2. The van der Waals surface area contributed by atoms with Gasteiger partial charge in [-0.15, -0.1) is 0 Å². The first kappa shape index (κ1) is 22.9. The van der Waals surface area contributed by atoms with Gasteiger partial charge in [0.2, 0.25) is 0 Å². The van der Waals surface area contributed by atoms with Crippen molar-refractivity contribution in [3.8, 4) is 16.9 Å². The lowest BCUT2D eigenvalue weighted by Crippen LogP contribution is -2.55. The number of H-pyrrole nitrogens is 1. The lowest BCUT2D eigenvalue weighted by molar-refractivity contribution is -0.110. The number of aromatic nitrogens is 1. The predicted molar refractivity (Wildman–Crippen MR) is 138 cm³/mol. The highest BCUT2D eigenvalue weighted by Gasteiger charge is 2.30. The van der Waals surface area contributed by atoms with Crippen molar-refractivity contribution in [1.82, 2.24) is 15.2 Å². The van der Waals surface area contributed by atoms with Crippen molar-refractivity contribution >= 4 is 29.2 Å². The average molecular weight is 471 g/mol. The normalized spacial score (nSPS) is 20.6. The van der Waals surface area contributed by atoms with Gasteiger partial charge in [-0.1, -0.05) is 24.3 Å². The van der Waals surface area contributed by atoms with E-state index >= 15 is 0 Å². The standard InChI is InChI=1S/C28H30N4O3/c1-16-14-32(15-17(2)30-16)28(34)23-13-29-25(18(23)3)12-22-26-21(9-6-10-24(26)31-27(22)33)19-7-5-8-20(11-19)35-4/h5-13,16-17,29-30H,14-15H2,1-4H3,(H,31,33)/t16-,17-/m1/s1. The first-order chi connectivity index (χ1) is 16.9. The van der Waals surface area contributed by atoms with Crippen molar-refractivity contribution in [1.29, 1.82) is 0 Å². The molecule has 3 aromatic rings. The van der Waals surface area contributed by atoms with Gasteiger partial charge in [-0.05, 0) is 61.7 Å². The monoisotopic (exact) mass is 470 g/mol. The van der Waals surface area contributed by atoms with E-state index in [2.05, 4.69) is 29.5 Å². The molecule has 1 aromatic heterocycles. The Bertz CT molecular complexity index is 1330. The number of methoxy groups -OCH3 is 1. The van der Waals surface area contributed by atoms with Crippen LogP contribution < -0.4 is 15.4 Å². The maximum absolute atomic E-state index is 13.3. The van der Waals surface area contributed by atoms with Gasteiger partial charge in [0.05, 0.1) is 18.2 Å². The number of anilines is 1. The largest absolute Gasteiger partial charge is 0.497 e. The first-order valence-corrected chi connectivity index (χ1v) is 11.9. The number of carbonyl (C=O) groups excluding carboxylic acids is 2. The summed E-state index contributed by atoms with van der Waals surface area (Å²) in [6, 6.07) is 14.1. The quantitative estimate of drug-likeness (QED) is 0.496. The highest BCUT2D eigenvalue weighted by molar-refractivity contribution is 6.36. The molecule has 7 heteroatoms. The Hall–Kier alpha value is -3.84. The summed E-state index contributed by atoms with van der Waals surface area (Å²) in [6.45, 7) is 7.44. The number of piperazine rings is 1. The molecule has 0 radical (unpaired) electrons. The highest BCUT2D eigenvalue weighted by atomic mass is 16.5. The molecule has 3 heterocycles. The van der Waals surface area contributed by atoms with E-state index in [1.807, 2.05) is 60.4 Å².